The molecule has 0 atom stereocenters. The molecule has 0 saturated heterocycles. The number of ketones is 2. The Morgan fingerprint density at radius 2 is 1.25 bits per heavy atom. The highest BCUT2D eigenvalue weighted by Crippen LogP contribution is 2.56. The number of carbonyl (C=O) groups excluding carboxylic acids is 2. The number of Topliss-reactive ketones (excluding diaryl/α,β-unsaturated/α-hetero) is 1. The number of carbonyl (C=O) groups is 2. The summed E-state index contributed by atoms with van der Waals surface area (Å²) < 4.78 is 78.5. The van der Waals surface area contributed by atoms with Crippen molar-refractivity contribution in [1.82, 2.24) is 0 Å². The molecule has 3 aliphatic carbocycles. The Hall–Kier alpha value is -3.20. The molecule has 3 aliphatic rings. The molecule has 0 saturated carbocycles. The van der Waals surface area contributed by atoms with Crippen LogP contribution in [-0.4, -0.2) is 11.6 Å². The van der Waals surface area contributed by atoms with Crippen LogP contribution in [0.25, 0.3) is 16.7 Å². The molecule has 0 bridgehead atoms. The fourth-order valence-electron chi connectivity index (χ4n) is 4.70. The Bertz CT molecular complexity index is 1450. The van der Waals surface area contributed by atoms with Gasteiger partial charge < -0.3 is 0 Å². The van der Waals surface area contributed by atoms with Gasteiger partial charge in [-0.2, -0.15) is 26.3 Å². The quantitative estimate of drug-likeness (QED) is 0.278. The van der Waals surface area contributed by atoms with Gasteiger partial charge in [0, 0.05) is 39.1 Å². The maximum atomic E-state index is 13.1. The van der Waals surface area contributed by atoms with Gasteiger partial charge in [-0.05, 0) is 41.0 Å². The summed E-state index contributed by atoms with van der Waals surface area (Å²) in [5.41, 5.74) is 0.961. The summed E-state index contributed by atoms with van der Waals surface area (Å²) in [5, 5.41) is 0. The minimum absolute atomic E-state index is 0.0226. The van der Waals surface area contributed by atoms with Crippen molar-refractivity contribution in [3.05, 3.63) is 85.1 Å². The lowest BCUT2D eigenvalue weighted by Crippen LogP contribution is -2.08. The minimum atomic E-state index is -4.58. The third kappa shape index (κ3) is 2.37. The van der Waals surface area contributed by atoms with Crippen LogP contribution in [0.3, 0.4) is 0 Å². The topological polar surface area (TPSA) is 34.1 Å². The normalized spacial score (nSPS) is 16.3. The highest BCUT2D eigenvalue weighted by atomic mass is 32.1. The van der Waals surface area contributed by atoms with E-state index in [1.54, 1.807) is 0 Å². The summed E-state index contributed by atoms with van der Waals surface area (Å²) >= 11 is 1.08. The number of rotatable bonds is 0. The first kappa shape index (κ1) is 19.5. The Morgan fingerprint density at radius 3 is 1.84 bits per heavy atom. The van der Waals surface area contributed by atoms with Crippen LogP contribution in [0.15, 0.2) is 42.0 Å². The van der Waals surface area contributed by atoms with Gasteiger partial charge in [-0.3, -0.25) is 9.59 Å². The second-order valence-electron chi connectivity index (χ2n) is 7.82. The number of allylic oxidation sites excluding steroid dienone is 1. The first-order chi connectivity index (χ1) is 15.0. The Kier molecular flexibility index (Phi) is 3.52. The third-order valence-corrected chi connectivity index (χ3v) is 7.34. The summed E-state index contributed by atoms with van der Waals surface area (Å²) in [5.74, 6) is -1.00. The van der Waals surface area contributed by atoms with Crippen molar-refractivity contribution >= 4 is 28.5 Å². The zero-order chi connectivity index (χ0) is 22.7. The van der Waals surface area contributed by atoms with E-state index in [-0.39, 0.29) is 17.5 Å². The van der Waals surface area contributed by atoms with Gasteiger partial charge in [0.15, 0.2) is 5.78 Å². The van der Waals surface area contributed by atoms with Crippen molar-refractivity contribution in [2.75, 3.05) is 0 Å². The van der Waals surface area contributed by atoms with Gasteiger partial charge >= 0.3 is 12.4 Å². The van der Waals surface area contributed by atoms with E-state index in [9.17, 15) is 35.9 Å². The largest absolute Gasteiger partial charge is 0.416 e. The number of hydrogen-bond acceptors (Lipinski definition) is 3. The van der Waals surface area contributed by atoms with E-state index in [4.69, 9.17) is 0 Å². The van der Waals surface area contributed by atoms with Crippen LogP contribution in [0.1, 0.15) is 52.7 Å². The second kappa shape index (κ2) is 5.78. The molecule has 0 N–H and O–H groups in total. The molecular formula is C23H8F6O2S. The summed E-state index contributed by atoms with van der Waals surface area (Å²) in [4.78, 5) is 26.7. The highest BCUT2D eigenvalue weighted by Gasteiger charge is 2.44. The van der Waals surface area contributed by atoms with Crippen molar-refractivity contribution in [3.63, 3.8) is 0 Å². The van der Waals surface area contributed by atoms with E-state index in [0.717, 1.165) is 35.6 Å². The van der Waals surface area contributed by atoms with Gasteiger partial charge in [-0.1, -0.05) is 12.1 Å². The molecule has 9 heteroatoms. The lowest BCUT2D eigenvalue weighted by molar-refractivity contribution is -0.138. The molecule has 3 aromatic rings. The van der Waals surface area contributed by atoms with Crippen LogP contribution < -0.4 is 0 Å². The smallest absolute Gasteiger partial charge is 0.289 e. The standard InChI is InChI=1S/C23H8F6O2S/c24-22(25,26)8-1-3-10-12(5-8)18(30)14-7-15-17-11-4-2-9(23(27,28)29)6-13(11)19(31)21(17)32-20(15)16(10)14/h1-6H,7H2. The van der Waals surface area contributed by atoms with E-state index in [2.05, 4.69) is 0 Å². The van der Waals surface area contributed by atoms with Gasteiger partial charge in [0.2, 0.25) is 5.78 Å². The molecular weight excluding hydrogens is 454 g/mol. The molecule has 0 fully saturated rings. The minimum Gasteiger partial charge on any atom is -0.289 e. The summed E-state index contributed by atoms with van der Waals surface area (Å²) in [6.07, 6.45) is -9.04. The number of thiophene rings is 1. The average molecular weight is 462 g/mol. The fraction of sp³-hybridized carbons (Fsp3) is 0.130. The van der Waals surface area contributed by atoms with Crippen molar-refractivity contribution < 1.29 is 35.9 Å². The van der Waals surface area contributed by atoms with E-state index in [1.165, 1.54) is 12.1 Å². The van der Waals surface area contributed by atoms with Gasteiger partial charge in [0.1, 0.15) is 0 Å². The number of benzene rings is 2. The van der Waals surface area contributed by atoms with Gasteiger partial charge in [0.05, 0.1) is 16.0 Å². The summed E-state index contributed by atoms with van der Waals surface area (Å²) in [6, 6.07) is 6.05. The molecule has 0 radical (unpaired) electrons. The monoisotopic (exact) mass is 462 g/mol. The number of halogens is 6. The van der Waals surface area contributed by atoms with Gasteiger partial charge in [-0.25, -0.2) is 0 Å². The lowest BCUT2D eigenvalue weighted by atomic mass is 9.96. The highest BCUT2D eigenvalue weighted by molar-refractivity contribution is 7.16. The number of hydrogen-bond donors (Lipinski definition) is 0. The van der Waals surface area contributed by atoms with Crippen LogP contribution in [-0.2, 0) is 18.8 Å². The zero-order valence-corrected chi connectivity index (χ0v) is 16.5. The Balaban J connectivity index is 1.49. The Morgan fingerprint density at radius 1 is 0.688 bits per heavy atom. The predicted molar refractivity (Wildman–Crippen MR) is 104 cm³/mol. The number of fused-ring (bicyclic) bond motifs is 8. The predicted octanol–water partition coefficient (Wildman–Crippen LogP) is 6.55. The summed E-state index contributed by atoms with van der Waals surface area (Å²) in [6.45, 7) is 0. The van der Waals surface area contributed by atoms with Crippen molar-refractivity contribution in [1.29, 1.82) is 0 Å². The van der Waals surface area contributed by atoms with Crippen LogP contribution >= 0.6 is 11.3 Å². The first-order valence-electron chi connectivity index (χ1n) is 9.38. The molecule has 0 amide bonds. The van der Waals surface area contributed by atoms with E-state index >= 15 is 0 Å². The van der Waals surface area contributed by atoms with Gasteiger partial charge in [0.25, 0.3) is 0 Å². The van der Waals surface area contributed by atoms with E-state index in [1.807, 2.05) is 0 Å². The molecule has 160 valence electrons. The molecule has 0 unspecified atom stereocenters. The lowest BCUT2D eigenvalue weighted by Gasteiger charge is -2.11. The third-order valence-electron chi connectivity index (χ3n) is 6.09. The van der Waals surface area contributed by atoms with E-state index in [0.29, 0.717) is 43.2 Å². The van der Waals surface area contributed by atoms with Crippen molar-refractivity contribution in [2.45, 2.75) is 18.8 Å². The van der Waals surface area contributed by atoms with Gasteiger partial charge in [-0.15, -0.1) is 11.3 Å². The summed E-state index contributed by atoms with van der Waals surface area (Å²) in [7, 11) is 0. The maximum Gasteiger partial charge on any atom is 0.416 e. The van der Waals surface area contributed by atoms with Crippen LogP contribution in [0.5, 0.6) is 0 Å². The molecule has 0 spiro atoms. The SMILES string of the molecule is O=C1C2=C(c3ccc(C(F)(F)F)cc31)c1sc3c(c1C2)-c1ccc(C(F)(F)F)cc1C3=O. The Labute approximate surface area is 179 Å². The van der Waals surface area contributed by atoms with Crippen LogP contribution in [0, 0.1) is 0 Å². The maximum absolute atomic E-state index is 13.1. The molecule has 0 aliphatic heterocycles. The van der Waals surface area contributed by atoms with Crippen LogP contribution in [0.2, 0.25) is 0 Å². The molecule has 2 aromatic carbocycles. The second-order valence-corrected chi connectivity index (χ2v) is 8.84. The number of alkyl halides is 6. The van der Waals surface area contributed by atoms with Crippen molar-refractivity contribution in [2.24, 2.45) is 0 Å². The van der Waals surface area contributed by atoms with Crippen molar-refractivity contribution in [3.8, 4) is 11.1 Å². The van der Waals surface area contributed by atoms with E-state index < -0.39 is 35.0 Å². The molecule has 2 nitrogen and oxygen atoms in total. The molecule has 6 rings (SSSR count). The molecule has 1 aromatic heterocycles. The van der Waals surface area contributed by atoms with Crippen LogP contribution in [0.4, 0.5) is 26.3 Å². The molecule has 1 heterocycles. The fourth-order valence-corrected chi connectivity index (χ4v) is 6.07. The average Bonchev–Trinajstić information content (AvgIpc) is 3.39. The first-order valence-corrected chi connectivity index (χ1v) is 10.2. The zero-order valence-electron chi connectivity index (χ0n) is 15.7. The molecule has 32 heavy (non-hydrogen) atoms.